The Morgan fingerprint density at radius 3 is 2.22 bits per heavy atom. The van der Waals surface area contributed by atoms with E-state index >= 15 is 0 Å². The van der Waals surface area contributed by atoms with Crippen molar-refractivity contribution in [3.05, 3.63) is 89.2 Å². The number of nitrogens with one attached hydrogen (secondary N) is 2. The first-order valence-electron chi connectivity index (χ1n) is 16.8. The molecule has 1 amide bonds. The van der Waals surface area contributed by atoms with Crippen LogP contribution in [0.2, 0.25) is 0 Å². The summed E-state index contributed by atoms with van der Waals surface area (Å²) in [6, 6.07) is 20.4. The summed E-state index contributed by atoms with van der Waals surface area (Å²) in [5, 5.41) is 11.4. The molecule has 51 heavy (non-hydrogen) atoms. The number of benzene rings is 3. The zero-order chi connectivity index (χ0) is 36.8. The molecule has 0 bridgehead atoms. The predicted octanol–water partition coefficient (Wildman–Crippen LogP) is 8.44. The number of carbonyl (C=O) groups excluding carboxylic acids is 2. The van der Waals surface area contributed by atoms with Gasteiger partial charge in [-0.1, -0.05) is 45.0 Å². The molecule has 6 rings (SSSR count). The number of primary amides is 1. The molecule has 12 heteroatoms. The van der Waals surface area contributed by atoms with Crippen LogP contribution in [0.5, 0.6) is 17.2 Å². The number of hydrogen-bond acceptors (Lipinski definition) is 11. The third-order valence-corrected chi connectivity index (χ3v) is 8.86. The van der Waals surface area contributed by atoms with Crippen LogP contribution >= 0.6 is 11.3 Å². The molecule has 0 unspecified atom stereocenters. The van der Waals surface area contributed by atoms with E-state index in [2.05, 4.69) is 81.0 Å². The minimum Gasteiger partial charge on any atom is -0.492 e. The van der Waals surface area contributed by atoms with Crippen LogP contribution in [0.4, 0.5) is 22.2 Å². The summed E-state index contributed by atoms with van der Waals surface area (Å²) in [6.07, 6.45) is 5.32. The first-order valence-corrected chi connectivity index (χ1v) is 17.7. The summed E-state index contributed by atoms with van der Waals surface area (Å²) in [6.45, 7) is 12.4. The van der Waals surface area contributed by atoms with Gasteiger partial charge in [-0.05, 0) is 74.2 Å². The average Bonchev–Trinajstić information content (AvgIpc) is 3.82. The van der Waals surface area contributed by atoms with Crippen molar-refractivity contribution in [3.63, 3.8) is 0 Å². The highest BCUT2D eigenvalue weighted by atomic mass is 32.1. The molecule has 0 atom stereocenters. The molecular weight excluding hydrogens is 665 g/mol. The fraction of sp³-hybridized carbons (Fsp3) is 0.333. The van der Waals surface area contributed by atoms with Gasteiger partial charge in [-0.2, -0.15) is 0 Å². The fourth-order valence-corrected chi connectivity index (χ4v) is 6.17. The lowest BCUT2D eigenvalue weighted by Gasteiger charge is -2.24. The molecule has 1 fully saturated rings. The van der Waals surface area contributed by atoms with Crippen LogP contribution in [-0.4, -0.2) is 61.5 Å². The van der Waals surface area contributed by atoms with Crippen molar-refractivity contribution in [2.75, 3.05) is 44.5 Å². The number of ether oxygens (including phenoxy) is 3. The minimum atomic E-state index is -0.131. The summed E-state index contributed by atoms with van der Waals surface area (Å²) >= 11 is 1.37. The number of hydrogen-bond donors (Lipinski definition) is 3. The number of nitrogens with zero attached hydrogens (tertiary/aromatic N) is 3. The van der Waals surface area contributed by atoms with E-state index in [0.29, 0.717) is 16.6 Å². The standard InChI is InChI=1S/C35H37N5O3S.C3H8O.CH3NO/c1-35(2,3)23-17-30(33(42-4)31(18-23)39-34-37-25(21-41)22-44-34)38-29-11-12-32(28-10-6-5-9-27(28)29)43-26-13-14-36-24(19-26)20-40-15-7-8-16-40;1-3-4-2;2-1-3/h5-6,9-14,17-19,21-22,38H,7-8,15-16,20H2,1-4H3,(H,37,39);3H2,1-2H3;1H,(H2,2,3). The van der Waals surface area contributed by atoms with Gasteiger partial charge in [0.15, 0.2) is 17.2 Å². The monoisotopic (exact) mass is 712 g/mol. The molecule has 5 aromatic rings. The summed E-state index contributed by atoms with van der Waals surface area (Å²) in [5.41, 5.74) is 9.06. The van der Waals surface area contributed by atoms with Gasteiger partial charge in [0.25, 0.3) is 0 Å². The van der Waals surface area contributed by atoms with Gasteiger partial charge in [0.1, 0.15) is 17.2 Å². The molecule has 1 aliphatic rings. The van der Waals surface area contributed by atoms with Gasteiger partial charge < -0.3 is 30.6 Å². The van der Waals surface area contributed by atoms with Gasteiger partial charge in [-0.25, -0.2) is 4.98 Å². The number of fused-ring (bicyclic) bond motifs is 1. The zero-order valence-corrected chi connectivity index (χ0v) is 31.0. The highest BCUT2D eigenvalue weighted by molar-refractivity contribution is 7.14. The molecule has 1 aliphatic heterocycles. The largest absolute Gasteiger partial charge is 0.492 e. The molecule has 270 valence electrons. The molecule has 11 nitrogen and oxygen atoms in total. The average molecular weight is 713 g/mol. The summed E-state index contributed by atoms with van der Waals surface area (Å²) in [4.78, 5) is 31.2. The lowest BCUT2D eigenvalue weighted by molar-refractivity contribution is -0.106. The third-order valence-electron chi connectivity index (χ3n) is 8.09. The number of pyridine rings is 1. The molecule has 3 heterocycles. The van der Waals surface area contributed by atoms with Crippen molar-refractivity contribution in [1.82, 2.24) is 14.9 Å². The van der Waals surface area contributed by atoms with Crippen LogP contribution in [0.25, 0.3) is 10.8 Å². The maximum Gasteiger partial charge on any atom is 0.204 e. The SMILES string of the molecule is CCOC.COc1c(Nc2nc(C=O)cs2)cc(C(C)(C)C)cc1Nc1ccc(Oc2ccnc(CN3CCCC3)c2)c2ccccc12.NC=O. The molecule has 3 aromatic carbocycles. The molecule has 0 spiro atoms. The van der Waals surface area contributed by atoms with Crippen molar-refractivity contribution in [2.45, 2.75) is 52.5 Å². The number of nitrogens with two attached hydrogens (primary N) is 1. The van der Waals surface area contributed by atoms with Crippen molar-refractivity contribution >= 4 is 57.0 Å². The fourth-order valence-electron chi connectivity index (χ4n) is 5.50. The van der Waals surface area contributed by atoms with E-state index in [4.69, 9.17) is 14.3 Å². The van der Waals surface area contributed by atoms with Crippen LogP contribution in [0.1, 0.15) is 62.3 Å². The molecule has 0 aliphatic carbocycles. The number of aldehydes is 1. The molecule has 2 aromatic heterocycles. The smallest absolute Gasteiger partial charge is 0.204 e. The lowest BCUT2D eigenvalue weighted by Crippen LogP contribution is -2.18. The maximum atomic E-state index is 11.2. The van der Waals surface area contributed by atoms with Crippen LogP contribution in [0, 0.1) is 0 Å². The van der Waals surface area contributed by atoms with Crippen LogP contribution in [0.15, 0.2) is 72.2 Å². The van der Waals surface area contributed by atoms with Crippen LogP contribution in [0.3, 0.4) is 0 Å². The molecule has 0 radical (unpaired) electrons. The van der Waals surface area contributed by atoms with Crippen molar-refractivity contribution < 1.29 is 23.8 Å². The second kappa shape index (κ2) is 18.8. The van der Waals surface area contributed by atoms with E-state index in [1.165, 1.54) is 24.2 Å². The van der Waals surface area contributed by atoms with Gasteiger partial charge in [0, 0.05) is 54.4 Å². The van der Waals surface area contributed by atoms with E-state index < -0.39 is 0 Å². The number of carbonyl (C=O) groups is 2. The Balaban J connectivity index is 0.000000767. The van der Waals surface area contributed by atoms with Gasteiger partial charge in [-0.3, -0.25) is 19.5 Å². The third kappa shape index (κ3) is 10.7. The lowest BCUT2D eigenvalue weighted by atomic mass is 9.86. The van der Waals surface area contributed by atoms with E-state index in [9.17, 15) is 4.79 Å². The first-order chi connectivity index (χ1) is 24.6. The van der Waals surface area contributed by atoms with Crippen LogP contribution in [-0.2, 0) is 21.5 Å². The number of likely N-dealkylation sites (tertiary alicyclic amines) is 1. The Labute approximate surface area is 304 Å². The van der Waals surface area contributed by atoms with Gasteiger partial charge >= 0.3 is 0 Å². The van der Waals surface area contributed by atoms with Gasteiger partial charge in [0.05, 0.1) is 24.2 Å². The quantitative estimate of drug-likeness (QED) is 0.114. The van der Waals surface area contributed by atoms with Crippen molar-refractivity contribution in [1.29, 1.82) is 0 Å². The van der Waals surface area contributed by atoms with Gasteiger partial charge in [-0.15, -0.1) is 11.3 Å². The number of rotatable bonds is 11. The summed E-state index contributed by atoms with van der Waals surface area (Å²) < 4.78 is 16.9. The minimum absolute atomic E-state index is 0.131. The first kappa shape index (κ1) is 38.8. The second-order valence-corrected chi connectivity index (χ2v) is 13.6. The Kier molecular flexibility index (Phi) is 14.3. The molecule has 1 saturated heterocycles. The topological polar surface area (TPSA) is 141 Å². The van der Waals surface area contributed by atoms with E-state index in [1.54, 1.807) is 19.6 Å². The zero-order valence-electron chi connectivity index (χ0n) is 30.2. The Hall–Kier alpha value is -5.04. The maximum absolute atomic E-state index is 11.2. The summed E-state index contributed by atoms with van der Waals surface area (Å²) in [5.74, 6) is 2.19. The van der Waals surface area contributed by atoms with E-state index in [0.717, 1.165) is 83.1 Å². The number of methoxy groups -OCH3 is 2. The number of amides is 1. The normalized spacial score (nSPS) is 12.6. The summed E-state index contributed by atoms with van der Waals surface area (Å²) in [7, 11) is 3.34. The van der Waals surface area contributed by atoms with E-state index in [1.807, 2.05) is 49.5 Å². The molecule has 0 saturated carbocycles. The second-order valence-electron chi connectivity index (χ2n) is 12.7. The van der Waals surface area contributed by atoms with Gasteiger partial charge in [0.2, 0.25) is 6.41 Å². The number of thiazole rings is 1. The van der Waals surface area contributed by atoms with Crippen LogP contribution < -0.4 is 25.8 Å². The molecular formula is C39H48N6O5S. The van der Waals surface area contributed by atoms with E-state index in [-0.39, 0.29) is 11.8 Å². The Morgan fingerprint density at radius 2 is 1.61 bits per heavy atom. The Bertz CT molecular complexity index is 1880. The van der Waals surface area contributed by atoms with Crippen molar-refractivity contribution in [2.24, 2.45) is 5.73 Å². The van der Waals surface area contributed by atoms with Crippen molar-refractivity contribution in [3.8, 4) is 17.2 Å². The number of anilines is 4. The number of aromatic nitrogens is 2. The Morgan fingerprint density at radius 1 is 0.941 bits per heavy atom. The highest BCUT2D eigenvalue weighted by Gasteiger charge is 2.21. The molecule has 4 N–H and O–H groups in total. The predicted molar refractivity (Wildman–Crippen MR) is 206 cm³/mol. The highest BCUT2D eigenvalue weighted by Crippen LogP contribution is 2.43.